The van der Waals surface area contributed by atoms with Crippen LogP contribution in [0.15, 0.2) is 53.7 Å². The normalized spacial score (nSPS) is 24.7. The zero-order chi connectivity index (χ0) is 43.1. The van der Waals surface area contributed by atoms with Crippen LogP contribution in [0.5, 0.6) is 0 Å². The van der Waals surface area contributed by atoms with Crippen molar-refractivity contribution < 1.29 is 50.7 Å². The molecule has 0 unspecified atom stereocenters. The number of hydrogen-bond acceptors (Lipinski definition) is 10. The van der Waals surface area contributed by atoms with Crippen LogP contribution in [0.25, 0.3) is 11.1 Å². The molecule has 1 aliphatic heterocycles. The average Bonchev–Trinajstić information content (AvgIpc) is 4.14. The molecular weight excluding hydrogens is 803 g/mol. The van der Waals surface area contributed by atoms with Crippen LogP contribution in [0.2, 0.25) is 0 Å². The lowest BCUT2D eigenvalue weighted by atomic mass is 9.82. The van der Waals surface area contributed by atoms with Gasteiger partial charge in [-0.2, -0.15) is 0 Å². The lowest BCUT2D eigenvalue weighted by Crippen LogP contribution is -2.62. The number of carbonyl (C=O) groups excluding carboxylic acids is 5. The van der Waals surface area contributed by atoms with Gasteiger partial charge in [0.15, 0.2) is 0 Å². The third-order valence-electron chi connectivity index (χ3n) is 12.3. The first-order chi connectivity index (χ1) is 28.4. The van der Waals surface area contributed by atoms with Gasteiger partial charge in [-0.1, -0.05) is 93.7 Å². The van der Waals surface area contributed by atoms with E-state index in [2.05, 4.69) is 21.1 Å². The summed E-state index contributed by atoms with van der Waals surface area (Å²) in [6.45, 7) is 4.93. The molecule has 0 spiro atoms. The lowest BCUT2D eigenvalue weighted by molar-refractivity contribution is -0.145. The first-order valence-corrected chi connectivity index (χ1v) is 22.0. The maximum atomic E-state index is 14.9. The number of alkyl halides is 2. The number of ether oxygens (including phenoxy) is 1. The predicted octanol–water partition coefficient (Wildman–Crippen LogP) is 3.99. The van der Waals surface area contributed by atoms with Crippen LogP contribution >= 0.6 is 0 Å². The third-order valence-corrected chi connectivity index (χ3v) is 14.1. The van der Waals surface area contributed by atoms with E-state index in [0.717, 1.165) is 41.5 Å². The van der Waals surface area contributed by atoms with Crippen molar-refractivity contribution in [2.75, 3.05) is 13.7 Å². The summed E-state index contributed by atoms with van der Waals surface area (Å²) < 4.78 is 60.6. The summed E-state index contributed by atoms with van der Waals surface area (Å²) >= 11 is 0. The van der Waals surface area contributed by atoms with Gasteiger partial charge >= 0.3 is 6.09 Å². The van der Waals surface area contributed by atoms with Gasteiger partial charge in [0.25, 0.3) is 5.91 Å². The highest BCUT2D eigenvalue weighted by atomic mass is 32.2. The van der Waals surface area contributed by atoms with Gasteiger partial charge in [-0.3, -0.25) is 23.9 Å². The number of sulfonamides is 1. The molecule has 2 aromatic carbocycles. The van der Waals surface area contributed by atoms with Gasteiger partial charge in [0.05, 0.1) is 24.8 Å². The second kappa shape index (κ2) is 16.7. The number of methoxy groups -OCH3 is 1. The van der Waals surface area contributed by atoms with Crippen LogP contribution in [-0.4, -0.2) is 104 Å². The predicted molar refractivity (Wildman–Crippen MR) is 215 cm³/mol. The molecule has 1 saturated heterocycles. The van der Waals surface area contributed by atoms with E-state index in [9.17, 15) is 41.2 Å². The molecule has 6 atom stereocenters. The SMILES string of the molecule is COC(=O)N[C@H](C(=O)N[C@H](C(=O)N1C[C@H](ON=C2c3ccccc3-c3ccccc32)C[C@H]1C(=O)N[C@]1(C(=O)NS(=O)(=O)C2CC2)C[C@H]1C(F)F)C(C)(C)C)C1CCCCC1. The Hall–Kier alpha value is -5.13. The molecule has 0 aromatic heterocycles. The molecule has 4 fully saturated rings. The van der Waals surface area contributed by atoms with E-state index in [1.807, 2.05) is 53.3 Å². The van der Waals surface area contributed by atoms with E-state index >= 15 is 0 Å². The number of rotatable bonds is 13. The van der Waals surface area contributed by atoms with Gasteiger partial charge < -0.3 is 30.4 Å². The summed E-state index contributed by atoms with van der Waals surface area (Å²) in [5, 5.41) is 11.6. The Balaban J connectivity index is 1.18. The highest BCUT2D eigenvalue weighted by molar-refractivity contribution is 7.91. The minimum atomic E-state index is -4.16. The first-order valence-electron chi connectivity index (χ1n) is 20.5. The molecule has 324 valence electrons. The van der Waals surface area contributed by atoms with Crippen LogP contribution in [0.4, 0.5) is 13.6 Å². The zero-order valence-electron chi connectivity index (χ0n) is 34.0. The van der Waals surface area contributed by atoms with Crippen molar-refractivity contribution in [3.63, 3.8) is 0 Å². The summed E-state index contributed by atoms with van der Waals surface area (Å²) in [6.07, 6.45) is -0.867. The number of nitrogens with zero attached hydrogens (tertiary/aromatic N) is 2. The number of alkyl carbamates (subject to hydrolysis) is 1. The Kier molecular flexibility index (Phi) is 12.0. The number of hydrogen-bond donors (Lipinski definition) is 4. The summed E-state index contributed by atoms with van der Waals surface area (Å²) in [7, 11) is -2.97. The molecule has 5 amide bonds. The van der Waals surface area contributed by atoms with Gasteiger partial charge in [0.1, 0.15) is 35.5 Å². The second-order valence-corrected chi connectivity index (χ2v) is 19.6. The Labute approximate surface area is 347 Å². The molecule has 3 saturated carbocycles. The Morgan fingerprint density at radius 3 is 2.02 bits per heavy atom. The molecule has 15 nitrogen and oxygen atoms in total. The molecule has 5 aliphatic rings. The molecule has 60 heavy (non-hydrogen) atoms. The molecule has 1 heterocycles. The molecule has 0 radical (unpaired) electrons. The van der Waals surface area contributed by atoms with Crippen LogP contribution in [-0.2, 0) is 38.8 Å². The number of benzene rings is 2. The largest absolute Gasteiger partial charge is 0.453 e. The fourth-order valence-electron chi connectivity index (χ4n) is 8.72. The van der Waals surface area contributed by atoms with Crippen molar-refractivity contribution in [1.29, 1.82) is 0 Å². The van der Waals surface area contributed by atoms with Crippen LogP contribution in [0.1, 0.15) is 89.7 Å². The quantitative estimate of drug-likeness (QED) is 0.184. The number of nitrogens with one attached hydrogen (secondary N) is 4. The van der Waals surface area contributed by atoms with E-state index in [0.29, 0.717) is 31.4 Å². The summed E-state index contributed by atoms with van der Waals surface area (Å²) in [5.41, 5.74) is 0.817. The molecule has 2 aromatic rings. The van der Waals surface area contributed by atoms with Crippen LogP contribution < -0.4 is 20.7 Å². The number of halogens is 2. The van der Waals surface area contributed by atoms with Gasteiger partial charge in [0.2, 0.25) is 34.2 Å². The van der Waals surface area contributed by atoms with Crippen LogP contribution in [0, 0.1) is 17.3 Å². The van der Waals surface area contributed by atoms with E-state index in [4.69, 9.17) is 9.57 Å². The number of carbonyl (C=O) groups is 5. The Morgan fingerprint density at radius 2 is 1.48 bits per heavy atom. The van der Waals surface area contributed by atoms with E-state index in [-0.39, 0.29) is 18.9 Å². The summed E-state index contributed by atoms with van der Waals surface area (Å²) in [4.78, 5) is 76.5. The maximum Gasteiger partial charge on any atom is 0.407 e. The Bertz CT molecular complexity index is 2120. The molecule has 4 N–H and O–H groups in total. The Morgan fingerprint density at radius 1 is 0.883 bits per heavy atom. The highest BCUT2D eigenvalue weighted by Crippen LogP contribution is 2.48. The van der Waals surface area contributed by atoms with Crippen LogP contribution in [0.3, 0.4) is 0 Å². The lowest BCUT2D eigenvalue weighted by Gasteiger charge is -2.37. The van der Waals surface area contributed by atoms with Crippen molar-refractivity contribution in [1.82, 2.24) is 25.6 Å². The van der Waals surface area contributed by atoms with Gasteiger partial charge in [0, 0.05) is 17.5 Å². The van der Waals surface area contributed by atoms with E-state index in [1.165, 1.54) is 12.0 Å². The van der Waals surface area contributed by atoms with Crippen molar-refractivity contribution in [2.24, 2.45) is 22.4 Å². The minimum absolute atomic E-state index is 0.186. The van der Waals surface area contributed by atoms with E-state index < -0.39 is 98.9 Å². The van der Waals surface area contributed by atoms with Crippen molar-refractivity contribution in [3.8, 4) is 11.1 Å². The number of amides is 5. The number of oxime groups is 1. The second-order valence-electron chi connectivity index (χ2n) is 17.6. The first kappa shape index (κ1) is 43.0. The number of likely N-dealkylation sites (tertiary alicyclic amines) is 1. The summed E-state index contributed by atoms with van der Waals surface area (Å²) in [6, 6.07) is 11.5. The van der Waals surface area contributed by atoms with Gasteiger partial charge in [-0.05, 0) is 54.6 Å². The fraction of sp³-hybridized carbons (Fsp3) is 0.571. The van der Waals surface area contributed by atoms with Gasteiger partial charge in [-0.25, -0.2) is 22.0 Å². The molecule has 4 aliphatic carbocycles. The summed E-state index contributed by atoms with van der Waals surface area (Å²) in [5.74, 6) is -5.48. The minimum Gasteiger partial charge on any atom is -0.453 e. The standard InChI is InChI=1S/C42H52F2N6O9S/c1-41(2,3)34(46-37(52)32(45-40(55)58-4)23-12-6-5-7-13-23)38(53)50-22-24(59-48-33-28-16-10-8-14-26(28)27-15-9-11-17-29(27)33)20-31(50)36(51)47-42(21-30(42)35(43)44)39(54)49-60(56,57)25-18-19-25/h8-11,14-17,23-25,30-32,34-35H,5-7,12-13,18-22H2,1-4H3,(H,45,55)(H,46,52)(H,47,51)(H,49,54)/t24-,30+,31+,32+,34-,42-/m1/s1. The molecule has 0 bridgehead atoms. The monoisotopic (exact) mass is 854 g/mol. The van der Waals surface area contributed by atoms with Crippen molar-refractivity contribution in [3.05, 3.63) is 59.7 Å². The molecule has 7 rings (SSSR count). The average molecular weight is 855 g/mol. The maximum absolute atomic E-state index is 14.9. The topological polar surface area (TPSA) is 202 Å². The highest BCUT2D eigenvalue weighted by Gasteiger charge is 2.67. The molecular formula is C42H52F2N6O9S. The third kappa shape index (κ3) is 8.70. The van der Waals surface area contributed by atoms with Gasteiger partial charge in [-0.15, -0.1) is 0 Å². The zero-order valence-corrected chi connectivity index (χ0v) is 34.9. The fourth-order valence-corrected chi connectivity index (χ4v) is 10.1. The number of fused-ring (bicyclic) bond motifs is 3. The molecule has 18 heteroatoms. The van der Waals surface area contributed by atoms with Crippen molar-refractivity contribution >= 4 is 45.5 Å². The smallest absolute Gasteiger partial charge is 0.407 e. The van der Waals surface area contributed by atoms with Crippen molar-refractivity contribution in [2.45, 2.75) is 120 Å². The van der Waals surface area contributed by atoms with E-state index in [1.54, 1.807) is 20.8 Å².